The molecule has 56 heavy (non-hydrogen) atoms. The minimum absolute atomic E-state index is 0.130. The van der Waals surface area contributed by atoms with Crippen LogP contribution in [-0.2, 0) is 49.4 Å². The van der Waals surface area contributed by atoms with Crippen LogP contribution in [0, 0.1) is 0 Å². The number of rotatable bonds is 16. The van der Waals surface area contributed by atoms with E-state index in [2.05, 4.69) is 0 Å². The van der Waals surface area contributed by atoms with Crippen molar-refractivity contribution in [1.29, 1.82) is 0 Å². The summed E-state index contributed by atoms with van der Waals surface area (Å²) in [6.07, 6.45) is -26.9. The van der Waals surface area contributed by atoms with Crippen molar-refractivity contribution in [2.24, 2.45) is 0 Å². The van der Waals surface area contributed by atoms with Gasteiger partial charge in [-0.25, -0.2) is 0 Å². The third-order valence-corrected chi connectivity index (χ3v) is 46.6. The highest BCUT2D eigenvalue weighted by Gasteiger charge is 2.83. The van der Waals surface area contributed by atoms with Crippen molar-refractivity contribution in [2.75, 3.05) is 0 Å². The molecule has 6 fully saturated rings. The lowest BCUT2D eigenvalue weighted by atomic mass is 10.5. The topological polar surface area (TPSA) is 111 Å². The molecule has 0 radical (unpaired) electrons. The number of alkyl halides is 12. The van der Waals surface area contributed by atoms with Crippen LogP contribution in [0.5, 0.6) is 0 Å². The summed E-state index contributed by atoms with van der Waals surface area (Å²) in [5, 5.41) is 0. The molecule has 0 unspecified atom stereocenters. The molecule has 328 valence electrons. The molecule has 0 aromatic rings. The van der Waals surface area contributed by atoms with Crippen molar-refractivity contribution in [3.63, 3.8) is 0 Å². The molecule has 0 N–H and O–H groups in total. The van der Waals surface area contributed by atoms with Gasteiger partial charge in [0.1, 0.15) is 0 Å². The van der Waals surface area contributed by atoms with E-state index in [1.807, 2.05) is 0 Å². The largest absolute Gasteiger partial charge is 0.479 e. The molecule has 0 aromatic carbocycles. The van der Waals surface area contributed by atoms with E-state index in [0.717, 1.165) is 0 Å². The molecular formula is C24H44F12O12Si8. The van der Waals surface area contributed by atoms with Crippen molar-refractivity contribution in [2.45, 2.75) is 152 Å². The average molecular weight is 977 g/mol. The van der Waals surface area contributed by atoms with Crippen LogP contribution in [0.2, 0.25) is 48.4 Å². The molecule has 12 nitrogen and oxygen atoms in total. The molecular weight excluding hydrogens is 933 g/mol. The molecule has 6 rings (SSSR count). The van der Waals surface area contributed by atoms with Gasteiger partial charge >= 0.3 is 95.1 Å². The highest BCUT2D eigenvalue weighted by atomic mass is 28.6. The summed E-state index contributed by atoms with van der Waals surface area (Å²) < 4.78 is 249. The first-order chi connectivity index (χ1) is 25.6. The fourth-order valence-electron chi connectivity index (χ4n) is 6.97. The molecule has 0 aliphatic carbocycles. The predicted octanol–water partition coefficient (Wildman–Crippen LogP) is 9.21. The Hall–Kier alpha value is 0.415. The van der Waals surface area contributed by atoms with E-state index >= 15 is 0 Å². The van der Waals surface area contributed by atoms with Crippen LogP contribution < -0.4 is 0 Å². The number of hydrogen-bond donors (Lipinski definition) is 0. The van der Waals surface area contributed by atoms with Gasteiger partial charge in [-0.05, 0) is 0 Å². The monoisotopic (exact) mass is 976 g/mol. The van der Waals surface area contributed by atoms with Crippen LogP contribution in [0.25, 0.3) is 0 Å². The standard InChI is InChI=1S/C24H44F12O12Si8/c1-5-13-49-37-50(14-6-2)39-52(16-8-4)40-51(38-49,15-7-3)43-55(19-11-23(31,32)33)46-53(41-49,17-9-21(25,26)27)45-54(42-50,18-10-22(28,29)30)47-56(44-52,48-55)20-12-24(34,35)36/h5-20H2,1-4H3. The van der Waals surface area contributed by atoms with Crippen molar-refractivity contribution >= 4 is 70.4 Å². The van der Waals surface area contributed by atoms with Crippen molar-refractivity contribution < 1.29 is 102 Å². The van der Waals surface area contributed by atoms with Gasteiger partial charge in [0.2, 0.25) is 0 Å². The summed E-state index contributed by atoms with van der Waals surface area (Å²) in [5.41, 5.74) is 0. The molecule has 6 saturated heterocycles. The minimum atomic E-state index is -5.58. The molecule has 6 heterocycles. The summed E-state index contributed by atoms with van der Waals surface area (Å²) in [6, 6.07) is -6.33. The Balaban J connectivity index is 1.92. The van der Waals surface area contributed by atoms with Gasteiger partial charge < -0.3 is 49.4 Å². The van der Waals surface area contributed by atoms with Gasteiger partial charge in [0.15, 0.2) is 0 Å². The molecule has 8 bridgehead atoms. The van der Waals surface area contributed by atoms with Crippen LogP contribution in [0.15, 0.2) is 0 Å². The van der Waals surface area contributed by atoms with Gasteiger partial charge in [-0.2, -0.15) is 52.7 Å². The molecule has 32 heteroatoms. The van der Waals surface area contributed by atoms with Crippen LogP contribution in [0.1, 0.15) is 79.1 Å². The normalized spacial score (nSPS) is 40.3. The van der Waals surface area contributed by atoms with Crippen LogP contribution >= 0.6 is 0 Å². The molecule has 6 aliphatic rings. The van der Waals surface area contributed by atoms with Crippen molar-refractivity contribution in [3.8, 4) is 0 Å². The van der Waals surface area contributed by atoms with Crippen molar-refractivity contribution in [3.05, 3.63) is 0 Å². The molecule has 0 spiro atoms. The maximum atomic E-state index is 14.2. The van der Waals surface area contributed by atoms with E-state index in [4.69, 9.17) is 49.4 Å². The molecule has 6 aliphatic heterocycles. The van der Waals surface area contributed by atoms with Crippen molar-refractivity contribution in [1.82, 2.24) is 0 Å². The van der Waals surface area contributed by atoms with Gasteiger partial charge in [-0.3, -0.25) is 0 Å². The lowest BCUT2D eigenvalue weighted by molar-refractivity contribution is -0.136. The van der Waals surface area contributed by atoms with Gasteiger partial charge in [0.05, 0.1) is 0 Å². The fraction of sp³-hybridized carbons (Fsp3) is 1.00. The maximum absolute atomic E-state index is 14.2. The first kappa shape index (κ1) is 47.5. The highest BCUT2D eigenvalue weighted by molar-refractivity contribution is 7.03. The van der Waals surface area contributed by atoms with E-state index in [0.29, 0.717) is 0 Å². The molecule has 0 saturated carbocycles. The third-order valence-electron chi connectivity index (χ3n) is 8.82. The Morgan fingerprint density at radius 1 is 0.250 bits per heavy atom. The summed E-state index contributed by atoms with van der Waals surface area (Å²) in [5.74, 6) is 0. The molecule has 0 aromatic heterocycles. The Bertz CT molecular complexity index is 1160. The van der Waals surface area contributed by atoms with Gasteiger partial charge in [-0.1, -0.05) is 53.4 Å². The zero-order valence-electron chi connectivity index (χ0n) is 30.7. The molecule has 0 amide bonds. The lowest BCUT2D eigenvalue weighted by Gasteiger charge is -2.63. The van der Waals surface area contributed by atoms with Crippen LogP contribution in [0.3, 0.4) is 0 Å². The first-order valence-corrected chi connectivity index (χ1v) is 33.7. The average Bonchev–Trinajstić information content (AvgIpc) is 2.97. The summed E-state index contributed by atoms with van der Waals surface area (Å²) in [4.78, 5) is 0. The van der Waals surface area contributed by atoms with E-state index in [9.17, 15) is 52.7 Å². The minimum Gasteiger partial charge on any atom is -0.373 e. The molecule has 0 atom stereocenters. The van der Waals surface area contributed by atoms with Crippen LogP contribution in [0.4, 0.5) is 52.7 Å². The summed E-state index contributed by atoms with van der Waals surface area (Å²) in [6.45, 7) is 6.50. The van der Waals surface area contributed by atoms with Crippen LogP contribution in [-0.4, -0.2) is 95.1 Å². The van der Waals surface area contributed by atoms with Gasteiger partial charge in [0.25, 0.3) is 0 Å². The quantitative estimate of drug-likeness (QED) is 0.109. The van der Waals surface area contributed by atoms with Gasteiger partial charge in [0, 0.05) is 74.0 Å². The van der Waals surface area contributed by atoms with E-state index < -0.39 is 145 Å². The zero-order chi connectivity index (χ0) is 41.8. The Labute approximate surface area is 323 Å². The van der Waals surface area contributed by atoms with E-state index in [1.165, 1.54) is 0 Å². The fourth-order valence-corrected chi connectivity index (χ4v) is 57.3. The number of hydrogen-bond acceptors (Lipinski definition) is 12. The van der Waals surface area contributed by atoms with E-state index in [-0.39, 0.29) is 49.9 Å². The lowest BCUT2D eigenvalue weighted by Crippen LogP contribution is -2.88. The Morgan fingerprint density at radius 2 is 0.375 bits per heavy atom. The first-order valence-electron chi connectivity index (χ1n) is 18.2. The third kappa shape index (κ3) is 11.5. The predicted molar refractivity (Wildman–Crippen MR) is 181 cm³/mol. The zero-order valence-corrected chi connectivity index (χ0v) is 38.7. The maximum Gasteiger partial charge on any atom is 0.479 e. The number of halogens is 12. The Morgan fingerprint density at radius 3 is 0.482 bits per heavy atom. The SMILES string of the molecule is CCC[Si]12O[Si]3(CCC)O[Si]4(CCC)O[Si](CCC)(O1)O[Si]1(CCC(F)(F)F)O[Si](CCC(F)(F)F)(O2)O[Si](CCC(F)(F)F)(O3)O[Si](CCC(F)(F)F)(O4)O1. The summed E-state index contributed by atoms with van der Waals surface area (Å²) in [7, 11) is -41.3. The van der Waals surface area contributed by atoms with E-state index in [1.54, 1.807) is 27.7 Å². The second kappa shape index (κ2) is 16.3. The summed E-state index contributed by atoms with van der Waals surface area (Å²) >= 11 is 0. The Kier molecular flexibility index (Phi) is 13.8. The second-order valence-electron chi connectivity index (χ2n) is 14.1. The second-order valence-corrected chi connectivity index (χ2v) is 38.9. The highest BCUT2D eigenvalue weighted by Crippen LogP contribution is 2.55. The van der Waals surface area contributed by atoms with Gasteiger partial charge in [-0.15, -0.1) is 0 Å². The smallest absolute Gasteiger partial charge is 0.373 e.